The molecule has 0 aliphatic rings. The van der Waals surface area contributed by atoms with Gasteiger partial charge in [0.05, 0.1) is 23.5 Å². The summed E-state index contributed by atoms with van der Waals surface area (Å²) in [5, 5.41) is 4.40. The van der Waals surface area contributed by atoms with Gasteiger partial charge < -0.3 is 5.32 Å². The molecule has 0 saturated heterocycles. The summed E-state index contributed by atoms with van der Waals surface area (Å²) < 4.78 is 0. The molecule has 2 rings (SSSR count). The molecule has 1 atom stereocenters. The van der Waals surface area contributed by atoms with E-state index < -0.39 is 0 Å². The highest BCUT2D eigenvalue weighted by molar-refractivity contribution is 6.31. The molecule has 0 fully saturated rings. The first kappa shape index (κ1) is 12.1. The average Bonchev–Trinajstić information content (AvgIpc) is 2.32. The number of aromatic nitrogens is 2. The van der Waals surface area contributed by atoms with E-state index in [-0.39, 0.29) is 6.04 Å². The third-order valence-electron chi connectivity index (χ3n) is 2.34. The summed E-state index contributed by atoms with van der Waals surface area (Å²) in [6, 6.07) is 7.71. The molecule has 0 amide bonds. The Morgan fingerprint density at radius 2 is 1.76 bits per heavy atom. The number of hydrogen-bond acceptors (Lipinski definition) is 3. The molecule has 5 heteroatoms. The molecule has 3 nitrogen and oxygen atoms in total. The highest BCUT2D eigenvalue weighted by Crippen LogP contribution is 2.24. The zero-order valence-electron chi connectivity index (χ0n) is 9.19. The molecule has 1 N–H and O–H groups in total. The standard InChI is InChI=1S/C12H11Cl2N3/c1-8(10-4-2-3-5-11(10)14)17-12-15-6-9(13)7-16-12/h2-8H,1H3,(H,15,16,17). The molecule has 88 valence electrons. The minimum absolute atomic E-state index is 0.0323. The van der Waals surface area contributed by atoms with Crippen LogP contribution >= 0.6 is 23.2 Å². The third kappa shape index (κ3) is 3.08. The lowest BCUT2D eigenvalue weighted by molar-refractivity contribution is 0.861. The lowest BCUT2D eigenvalue weighted by Gasteiger charge is -2.15. The van der Waals surface area contributed by atoms with E-state index in [1.54, 1.807) is 12.4 Å². The fourth-order valence-corrected chi connectivity index (χ4v) is 1.88. The van der Waals surface area contributed by atoms with Crippen molar-refractivity contribution in [3.8, 4) is 0 Å². The smallest absolute Gasteiger partial charge is 0.223 e. The van der Waals surface area contributed by atoms with Crippen LogP contribution in [0.4, 0.5) is 5.95 Å². The van der Waals surface area contributed by atoms with Gasteiger partial charge in [-0.25, -0.2) is 9.97 Å². The molecule has 0 radical (unpaired) electrons. The molecule has 0 bridgehead atoms. The maximum Gasteiger partial charge on any atom is 0.223 e. The number of halogens is 2. The van der Waals surface area contributed by atoms with Crippen molar-refractivity contribution in [2.45, 2.75) is 13.0 Å². The van der Waals surface area contributed by atoms with Gasteiger partial charge in [0, 0.05) is 5.02 Å². The van der Waals surface area contributed by atoms with Gasteiger partial charge in [0.25, 0.3) is 0 Å². The van der Waals surface area contributed by atoms with E-state index in [4.69, 9.17) is 23.2 Å². The Labute approximate surface area is 110 Å². The molecule has 0 aliphatic carbocycles. The van der Waals surface area contributed by atoms with Crippen molar-refractivity contribution in [1.29, 1.82) is 0 Å². The van der Waals surface area contributed by atoms with Crippen molar-refractivity contribution in [3.05, 3.63) is 52.3 Å². The first-order chi connectivity index (χ1) is 8.16. The summed E-state index contributed by atoms with van der Waals surface area (Å²) in [6.07, 6.45) is 3.10. The molecule has 1 heterocycles. The van der Waals surface area contributed by atoms with Gasteiger partial charge in [0.1, 0.15) is 0 Å². The highest BCUT2D eigenvalue weighted by atomic mass is 35.5. The largest absolute Gasteiger partial charge is 0.348 e. The van der Waals surface area contributed by atoms with Crippen molar-refractivity contribution in [1.82, 2.24) is 9.97 Å². The fourth-order valence-electron chi connectivity index (χ4n) is 1.48. The summed E-state index contributed by atoms with van der Waals surface area (Å²) in [6.45, 7) is 2.00. The van der Waals surface area contributed by atoms with E-state index in [0.29, 0.717) is 11.0 Å². The topological polar surface area (TPSA) is 37.8 Å². The van der Waals surface area contributed by atoms with Crippen LogP contribution in [0, 0.1) is 0 Å². The van der Waals surface area contributed by atoms with Crippen LogP contribution in [0.5, 0.6) is 0 Å². The Hall–Kier alpha value is -1.32. The second-order valence-corrected chi connectivity index (χ2v) is 4.46. The van der Waals surface area contributed by atoms with Crippen molar-refractivity contribution < 1.29 is 0 Å². The molecular formula is C12H11Cl2N3. The lowest BCUT2D eigenvalue weighted by atomic mass is 10.1. The molecule has 0 aliphatic heterocycles. The number of nitrogens with one attached hydrogen (secondary N) is 1. The number of benzene rings is 1. The summed E-state index contributed by atoms with van der Waals surface area (Å²) in [5.41, 5.74) is 1.01. The summed E-state index contributed by atoms with van der Waals surface area (Å²) in [7, 11) is 0. The van der Waals surface area contributed by atoms with Crippen molar-refractivity contribution in [2.24, 2.45) is 0 Å². The Kier molecular flexibility index (Phi) is 3.82. The summed E-state index contributed by atoms with van der Waals surface area (Å²) >= 11 is 11.8. The number of rotatable bonds is 3. The van der Waals surface area contributed by atoms with E-state index in [1.165, 1.54) is 0 Å². The highest BCUT2D eigenvalue weighted by Gasteiger charge is 2.09. The van der Waals surface area contributed by atoms with Crippen LogP contribution in [0.2, 0.25) is 10.0 Å². The summed E-state index contributed by atoms with van der Waals surface area (Å²) in [4.78, 5) is 8.15. The van der Waals surface area contributed by atoms with Crippen molar-refractivity contribution in [3.63, 3.8) is 0 Å². The SMILES string of the molecule is CC(Nc1ncc(Cl)cn1)c1ccccc1Cl. The maximum atomic E-state index is 6.11. The minimum Gasteiger partial charge on any atom is -0.348 e. The van der Waals surface area contributed by atoms with Gasteiger partial charge in [0.15, 0.2) is 0 Å². The average molecular weight is 268 g/mol. The van der Waals surface area contributed by atoms with Crippen LogP contribution < -0.4 is 5.32 Å². The van der Waals surface area contributed by atoms with Crippen LogP contribution in [0.15, 0.2) is 36.7 Å². The molecule has 0 saturated carbocycles. The maximum absolute atomic E-state index is 6.11. The zero-order chi connectivity index (χ0) is 12.3. The predicted octanol–water partition coefficient (Wildman–Crippen LogP) is 3.96. The minimum atomic E-state index is 0.0323. The lowest BCUT2D eigenvalue weighted by Crippen LogP contribution is -2.09. The quantitative estimate of drug-likeness (QED) is 0.915. The Bertz CT molecular complexity index is 499. The van der Waals surface area contributed by atoms with Gasteiger partial charge in [-0.05, 0) is 18.6 Å². The molecule has 0 spiro atoms. The van der Waals surface area contributed by atoms with Crippen LogP contribution in [-0.2, 0) is 0 Å². The van der Waals surface area contributed by atoms with E-state index in [1.807, 2.05) is 31.2 Å². The first-order valence-corrected chi connectivity index (χ1v) is 5.91. The van der Waals surface area contributed by atoms with Gasteiger partial charge in [-0.15, -0.1) is 0 Å². The Balaban J connectivity index is 2.14. The Morgan fingerprint density at radius 3 is 2.41 bits per heavy atom. The monoisotopic (exact) mass is 267 g/mol. The van der Waals surface area contributed by atoms with Gasteiger partial charge in [-0.3, -0.25) is 0 Å². The van der Waals surface area contributed by atoms with Crippen LogP contribution in [-0.4, -0.2) is 9.97 Å². The summed E-state index contributed by atoms with van der Waals surface area (Å²) in [5.74, 6) is 0.529. The van der Waals surface area contributed by atoms with E-state index >= 15 is 0 Å². The number of nitrogens with zero attached hydrogens (tertiary/aromatic N) is 2. The molecule has 17 heavy (non-hydrogen) atoms. The fraction of sp³-hybridized carbons (Fsp3) is 0.167. The van der Waals surface area contributed by atoms with Crippen LogP contribution in [0.3, 0.4) is 0 Å². The van der Waals surface area contributed by atoms with Crippen LogP contribution in [0.1, 0.15) is 18.5 Å². The first-order valence-electron chi connectivity index (χ1n) is 5.15. The van der Waals surface area contributed by atoms with E-state index in [2.05, 4.69) is 15.3 Å². The second-order valence-electron chi connectivity index (χ2n) is 3.61. The molecule has 2 aromatic rings. The van der Waals surface area contributed by atoms with E-state index in [9.17, 15) is 0 Å². The van der Waals surface area contributed by atoms with Crippen molar-refractivity contribution in [2.75, 3.05) is 5.32 Å². The normalized spacial score (nSPS) is 12.2. The van der Waals surface area contributed by atoms with E-state index in [0.717, 1.165) is 10.6 Å². The van der Waals surface area contributed by atoms with Gasteiger partial charge in [-0.2, -0.15) is 0 Å². The Morgan fingerprint density at radius 1 is 1.12 bits per heavy atom. The number of anilines is 1. The molecule has 1 unspecified atom stereocenters. The second kappa shape index (κ2) is 5.34. The number of hydrogen-bond donors (Lipinski definition) is 1. The van der Waals surface area contributed by atoms with Gasteiger partial charge in [0.2, 0.25) is 5.95 Å². The van der Waals surface area contributed by atoms with Crippen molar-refractivity contribution >= 4 is 29.2 Å². The molecule has 1 aromatic heterocycles. The zero-order valence-corrected chi connectivity index (χ0v) is 10.7. The van der Waals surface area contributed by atoms with Gasteiger partial charge >= 0.3 is 0 Å². The van der Waals surface area contributed by atoms with Gasteiger partial charge in [-0.1, -0.05) is 41.4 Å². The third-order valence-corrected chi connectivity index (χ3v) is 2.88. The molecular weight excluding hydrogens is 257 g/mol. The predicted molar refractivity (Wildman–Crippen MR) is 70.5 cm³/mol. The van der Waals surface area contributed by atoms with Crippen LogP contribution in [0.25, 0.3) is 0 Å². The molecule has 1 aromatic carbocycles.